The first-order chi connectivity index (χ1) is 12.2. The Bertz CT molecular complexity index is 852. The van der Waals surface area contributed by atoms with E-state index in [0.29, 0.717) is 23.5 Å². The van der Waals surface area contributed by atoms with Crippen LogP contribution in [-0.2, 0) is 6.54 Å². The fourth-order valence-electron chi connectivity index (χ4n) is 2.92. The van der Waals surface area contributed by atoms with Gasteiger partial charge in [-0.15, -0.1) is 0 Å². The van der Waals surface area contributed by atoms with Crippen molar-refractivity contribution in [2.75, 3.05) is 12.3 Å². The molecule has 26 heavy (non-hydrogen) atoms. The second kappa shape index (κ2) is 6.51. The molecular formula is C18H20F2N4O2. The van der Waals surface area contributed by atoms with Crippen molar-refractivity contribution in [2.45, 2.75) is 39.3 Å². The van der Waals surface area contributed by atoms with Crippen molar-refractivity contribution in [3.05, 3.63) is 46.8 Å². The van der Waals surface area contributed by atoms with Gasteiger partial charge in [0.2, 0.25) is 5.88 Å². The molecule has 138 valence electrons. The van der Waals surface area contributed by atoms with Crippen molar-refractivity contribution < 1.29 is 18.3 Å². The van der Waals surface area contributed by atoms with Crippen LogP contribution in [-0.4, -0.2) is 33.3 Å². The van der Waals surface area contributed by atoms with Gasteiger partial charge in [0, 0.05) is 36.0 Å². The first-order valence-electron chi connectivity index (χ1n) is 8.19. The normalized spacial score (nSPS) is 15.1. The van der Waals surface area contributed by atoms with E-state index >= 15 is 0 Å². The molecule has 1 unspecified atom stereocenters. The Morgan fingerprint density at radius 3 is 2.77 bits per heavy atom. The van der Waals surface area contributed by atoms with Gasteiger partial charge in [-0.1, -0.05) is 0 Å². The third-order valence-electron chi connectivity index (χ3n) is 4.37. The number of fused-ring (bicyclic) bond motifs is 1. The number of hydrogen-bond acceptors (Lipinski definition) is 5. The summed E-state index contributed by atoms with van der Waals surface area (Å²) < 4.78 is 31.0. The molecule has 2 aromatic heterocycles. The number of nitrogens with two attached hydrogens (primary N) is 1. The van der Waals surface area contributed by atoms with E-state index < -0.39 is 12.5 Å². The summed E-state index contributed by atoms with van der Waals surface area (Å²) >= 11 is 0. The molecule has 8 heteroatoms. The molecule has 0 spiro atoms. The maximum absolute atomic E-state index is 12.9. The largest absolute Gasteiger partial charge is 0.471 e. The van der Waals surface area contributed by atoms with Gasteiger partial charge >= 0.3 is 0 Å². The molecule has 1 atom stereocenters. The predicted molar refractivity (Wildman–Crippen MR) is 92.0 cm³/mol. The number of rotatable bonds is 5. The Labute approximate surface area is 150 Å². The average molecular weight is 362 g/mol. The van der Waals surface area contributed by atoms with Crippen molar-refractivity contribution in [3.63, 3.8) is 0 Å². The molecule has 0 aliphatic carbocycles. The van der Waals surface area contributed by atoms with Crippen molar-refractivity contribution in [3.8, 4) is 5.88 Å². The third kappa shape index (κ3) is 3.44. The lowest BCUT2D eigenvalue weighted by atomic mass is 10.1. The van der Waals surface area contributed by atoms with Gasteiger partial charge in [-0.25, -0.2) is 18.7 Å². The SMILES string of the molecule is Cc1cc(C(C)N2Cc3c(ccnc3N)C2=O)cnc1OCC(C)(F)F. The molecule has 0 saturated heterocycles. The Balaban J connectivity index is 1.79. The number of halogens is 2. The fraction of sp³-hybridized carbons (Fsp3) is 0.389. The number of ether oxygens (including phenoxy) is 1. The monoisotopic (exact) mass is 362 g/mol. The van der Waals surface area contributed by atoms with Crippen molar-refractivity contribution in [2.24, 2.45) is 0 Å². The van der Waals surface area contributed by atoms with Gasteiger partial charge in [0.15, 0.2) is 6.61 Å². The second-order valence-electron chi connectivity index (χ2n) is 6.58. The van der Waals surface area contributed by atoms with E-state index in [1.807, 2.05) is 6.92 Å². The van der Waals surface area contributed by atoms with Crippen LogP contribution < -0.4 is 10.5 Å². The van der Waals surface area contributed by atoms with Crippen LogP contribution in [0.3, 0.4) is 0 Å². The van der Waals surface area contributed by atoms with E-state index in [2.05, 4.69) is 9.97 Å². The summed E-state index contributed by atoms with van der Waals surface area (Å²) in [5.41, 5.74) is 8.56. The van der Waals surface area contributed by atoms with Crippen molar-refractivity contribution in [1.82, 2.24) is 14.9 Å². The first-order valence-corrected chi connectivity index (χ1v) is 8.19. The van der Waals surface area contributed by atoms with Crippen LogP contribution in [0.25, 0.3) is 0 Å². The number of alkyl halides is 2. The molecule has 1 aliphatic heterocycles. The predicted octanol–water partition coefficient (Wildman–Crippen LogP) is 3.12. The van der Waals surface area contributed by atoms with Crippen molar-refractivity contribution >= 4 is 11.7 Å². The molecule has 0 aromatic carbocycles. The standard InChI is InChI=1S/C18H20F2N4O2/c1-10-6-12(7-23-16(10)26-9-18(3,19)20)11(2)24-8-14-13(17(24)25)4-5-22-15(14)21/h4-7,11H,8-9H2,1-3H3,(H2,21,22). The van der Waals surface area contributed by atoms with Gasteiger partial charge in [0.05, 0.1) is 12.6 Å². The highest BCUT2D eigenvalue weighted by Gasteiger charge is 2.33. The number of nitrogen functional groups attached to an aromatic ring is 1. The molecule has 6 nitrogen and oxygen atoms in total. The van der Waals surface area contributed by atoms with E-state index in [1.54, 1.807) is 30.2 Å². The molecule has 0 saturated carbocycles. The van der Waals surface area contributed by atoms with E-state index in [4.69, 9.17) is 10.5 Å². The summed E-state index contributed by atoms with van der Waals surface area (Å²) in [5, 5.41) is 0. The lowest BCUT2D eigenvalue weighted by Gasteiger charge is -2.25. The zero-order valence-electron chi connectivity index (χ0n) is 14.8. The number of carbonyl (C=O) groups excluding carboxylic acids is 1. The number of nitrogens with zero attached hydrogens (tertiary/aromatic N) is 3. The Morgan fingerprint density at radius 2 is 2.15 bits per heavy atom. The maximum atomic E-state index is 12.9. The Hall–Kier alpha value is -2.77. The van der Waals surface area contributed by atoms with Gasteiger partial charge in [-0.05, 0) is 31.5 Å². The minimum atomic E-state index is -2.93. The number of aromatic nitrogens is 2. The molecule has 0 radical (unpaired) electrons. The van der Waals surface area contributed by atoms with Crippen LogP contribution in [0.4, 0.5) is 14.6 Å². The van der Waals surface area contributed by atoms with Gasteiger partial charge in [0.25, 0.3) is 11.8 Å². The Kier molecular flexibility index (Phi) is 4.52. The van der Waals surface area contributed by atoms with E-state index in [1.165, 1.54) is 6.20 Å². The van der Waals surface area contributed by atoms with Crippen LogP contribution in [0.5, 0.6) is 5.88 Å². The highest BCUT2D eigenvalue weighted by atomic mass is 19.3. The summed E-state index contributed by atoms with van der Waals surface area (Å²) in [6.07, 6.45) is 3.06. The lowest BCUT2D eigenvalue weighted by Crippen LogP contribution is -2.27. The molecule has 2 N–H and O–H groups in total. The van der Waals surface area contributed by atoms with E-state index in [9.17, 15) is 13.6 Å². The highest BCUT2D eigenvalue weighted by molar-refractivity contribution is 5.99. The molecule has 1 amide bonds. The second-order valence-corrected chi connectivity index (χ2v) is 6.58. The first kappa shape index (κ1) is 18.0. The van der Waals surface area contributed by atoms with E-state index in [-0.39, 0.29) is 17.8 Å². The van der Waals surface area contributed by atoms with Crippen molar-refractivity contribution in [1.29, 1.82) is 0 Å². The zero-order chi connectivity index (χ0) is 19.1. The summed E-state index contributed by atoms with van der Waals surface area (Å²) in [6, 6.07) is 3.19. The van der Waals surface area contributed by atoms with Gasteiger partial charge in [0.1, 0.15) is 5.82 Å². The number of carbonyl (C=O) groups is 1. The van der Waals surface area contributed by atoms with Gasteiger partial charge < -0.3 is 15.4 Å². The molecule has 0 fully saturated rings. The van der Waals surface area contributed by atoms with Crippen LogP contribution >= 0.6 is 0 Å². The average Bonchev–Trinajstić information content (AvgIpc) is 2.91. The molecule has 3 rings (SSSR count). The number of anilines is 1. The smallest absolute Gasteiger partial charge is 0.278 e. The van der Waals surface area contributed by atoms with Crippen LogP contribution in [0.1, 0.15) is 46.9 Å². The highest BCUT2D eigenvalue weighted by Crippen LogP contribution is 2.33. The molecule has 1 aliphatic rings. The third-order valence-corrected chi connectivity index (χ3v) is 4.37. The quantitative estimate of drug-likeness (QED) is 0.884. The van der Waals surface area contributed by atoms with Crippen LogP contribution in [0.15, 0.2) is 24.5 Å². The minimum absolute atomic E-state index is 0.120. The van der Waals surface area contributed by atoms with Crippen LogP contribution in [0, 0.1) is 6.92 Å². The number of pyridine rings is 2. The van der Waals surface area contributed by atoms with Gasteiger partial charge in [-0.2, -0.15) is 0 Å². The molecule has 2 aromatic rings. The summed E-state index contributed by atoms with van der Waals surface area (Å²) in [7, 11) is 0. The number of amides is 1. The molecule has 0 bridgehead atoms. The number of aryl methyl sites for hydroxylation is 1. The zero-order valence-corrected chi connectivity index (χ0v) is 14.8. The van der Waals surface area contributed by atoms with Crippen LogP contribution in [0.2, 0.25) is 0 Å². The molecule has 3 heterocycles. The summed E-state index contributed by atoms with van der Waals surface area (Å²) in [6.45, 7) is 4.03. The number of hydrogen-bond donors (Lipinski definition) is 1. The molecular weight excluding hydrogens is 342 g/mol. The summed E-state index contributed by atoms with van der Waals surface area (Å²) in [5.74, 6) is -2.54. The topological polar surface area (TPSA) is 81.3 Å². The maximum Gasteiger partial charge on any atom is 0.278 e. The fourth-order valence-corrected chi connectivity index (χ4v) is 2.92. The summed E-state index contributed by atoms with van der Waals surface area (Å²) in [4.78, 5) is 22.5. The lowest BCUT2D eigenvalue weighted by molar-refractivity contribution is -0.0244. The minimum Gasteiger partial charge on any atom is -0.471 e. The van der Waals surface area contributed by atoms with Gasteiger partial charge in [-0.3, -0.25) is 4.79 Å². The Morgan fingerprint density at radius 1 is 1.42 bits per heavy atom. The van der Waals surface area contributed by atoms with E-state index in [0.717, 1.165) is 18.1 Å².